The van der Waals surface area contributed by atoms with Crippen LogP contribution in [0.1, 0.15) is 32.4 Å². The summed E-state index contributed by atoms with van der Waals surface area (Å²) in [6.07, 6.45) is 2.66. The zero-order chi connectivity index (χ0) is 13.1. The molecule has 2 unspecified atom stereocenters. The third-order valence-corrected chi connectivity index (χ3v) is 4.19. The van der Waals surface area contributed by atoms with Crippen LogP contribution in [0.15, 0.2) is 6.07 Å². The molecule has 1 N–H and O–H groups in total. The van der Waals surface area contributed by atoms with Gasteiger partial charge >= 0.3 is 0 Å². The number of aryl methyl sites for hydroxylation is 2. The topological polar surface area (TPSA) is 33.1 Å². The molecule has 2 atom stereocenters. The molecule has 4 heteroatoms. The number of piperidine rings is 1. The van der Waals surface area contributed by atoms with Gasteiger partial charge in [0.05, 0.1) is 0 Å². The van der Waals surface area contributed by atoms with Crippen molar-refractivity contribution in [2.24, 2.45) is 13.0 Å². The fourth-order valence-electron chi connectivity index (χ4n) is 2.77. The molecule has 102 valence electrons. The van der Waals surface area contributed by atoms with Gasteiger partial charge in [0.25, 0.3) is 0 Å². The van der Waals surface area contributed by atoms with Crippen molar-refractivity contribution in [1.82, 2.24) is 14.7 Å². The van der Waals surface area contributed by atoms with E-state index in [0.29, 0.717) is 6.04 Å². The first-order valence-corrected chi connectivity index (χ1v) is 7.09. The lowest BCUT2D eigenvalue weighted by atomic mass is 9.91. The Labute approximate surface area is 110 Å². The zero-order valence-corrected chi connectivity index (χ0v) is 12.1. The normalized spacial score (nSPS) is 23.0. The van der Waals surface area contributed by atoms with E-state index in [1.54, 1.807) is 0 Å². The number of aromatic nitrogens is 2. The van der Waals surface area contributed by atoms with E-state index in [0.717, 1.165) is 11.7 Å². The maximum absolute atomic E-state index is 4.48. The summed E-state index contributed by atoms with van der Waals surface area (Å²) in [7, 11) is 1.99. The van der Waals surface area contributed by atoms with Crippen molar-refractivity contribution >= 4 is 5.82 Å². The molecule has 0 bridgehead atoms. The molecule has 0 spiro atoms. The number of nitrogens with one attached hydrogen (secondary N) is 1. The molecule has 2 heterocycles. The van der Waals surface area contributed by atoms with E-state index in [9.17, 15) is 0 Å². The number of nitrogens with zero attached hydrogens (tertiary/aromatic N) is 3. The molecule has 2 rings (SSSR count). The Morgan fingerprint density at radius 2 is 2.33 bits per heavy atom. The van der Waals surface area contributed by atoms with E-state index in [1.807, 2.05) is 11.7 Å². The Kier molecular flexibility index (Phi) is 4.27. The molecule has 0 radical (unpaired) electrons. The maximum Gasteiger partial charge on any atom is 0.148 e. The predicted molar refractivity (Wildman–Crippen MR) is 75.9 cm³/mol. The molecule has 0 aliphatic carbocycles. The minimum Gasteiger partial charge on any atom is -0.366 e. The number of likely N-dealkylation sites (tertiary alicyclic amines) is 1. The minimum absolute atomic E-state index is 0.494. The minimum atomic E-state index is 0.494. The fourth-order valence-corrected chi connectivity index (χ4v) is 2.77. The SMILES string of the molecule is CCN1CCCC(C(C)Nc2cc(C)n(C)n2)C1. The Morgan fingerprint density at radius 3 is 2.94 bits per heavy atom. The van der Waals surface area contributed by atoms with E-state index in [4.69, 9.17) is 0 Å². The number of hydrogen-bond donors (Lipinski definition) is 1. The van der Waals surface area contributed by atoms with Crippen LogP contribution in [0.4, 0.5) is 5.82 Å². The summed E-state index contributed by atoms with van der Waals surface area (Å²) < 4.78 is 1.92. The molecule has 0 amide bonds. The molecular weight excluding hydrogens is 224 g/mol. The van der Waals surface area contributed by atoms with E-state index in [-0.39, 0.29) is 0 Å². The van der Waals surface area contributed by atoms with Crippen LogP contribution in [-0.4, -0.2) is 40.4 Å². The van der Waals surface area contributed by atoms with Gasteiger partial charge in [-0.05, 0) is 45.7 Å². The second kappa shape index (κ2) is 5.74. The predicted octanol–water partition coefficient (Wildman–Crippen LogP) is 2.26. The second-order valence-corrected chi connectivity index (χ2v) is 5.52. The van der Waals surface area contributed by atoms with Crippen molar-refractivity contribution < 1.29 is 0 Å². The molecule has 1 fully saturated rings. The standard InChI is InChI=1S/C14H26N4/c1-5-18-8-6-7-13(10-18)12(3)15-14-9-11(2)17(4)16-14/h9,12-13H,5-8,10H2,1-4H3,(H,15,16). The number of anilines is 1. The monoisotopic (exact) mass is 250 g/mol. The highest BCUT2D eigenvalue weighted by Gasteiger charge is 2.24. The van der Waals surface area contributed by atoms with Crippen molar-refractivity contribution in [3.05, 3.63) is 11.8 Å². The average molecular weight is 250 g/mol. The molecule has 1 aliphatic heterocycles. The van der Waals surface area contributed by atoms with Gasteiger partial charge in [-0.1, -0.05) is 6.92 Å². The first-order chi connectivity index (χ1) is 8.60. The van der Waals surface area contributed by atoms with Crippen molar-refractivity contribution in [2.45, 2.75) is 39.7 Å². The Hall–Kier alpha value is -1.03. The van der Waals surface area contributed by atoms with Crippen LogP contribution in [0.2, 0.25) is 0 Å². The van der Waals surface area contributed by atoms with Gasteiger partial charge in [-0.25, -0.2) is 0 Å². The summed E-state index contributed by atoms with van der Waals surface area (Å²) in [5, 5.41) is 8.04. The molecule has 1 aromatic rings. The lowest BCUT2D eigenvalue weighted by Gasteiger charge is -2.35. The summed E-state index contributed by atoms with van der Waals surface area (Å²) in [4.78, 5) is 2.55. The fraction of sp³-hybridized carbons (Fsp3) is 0.786. The maximum atomic E-state index is 4.48. The molecule has 0 saturated carbocycles. The molecule has 0 aromatic carbocycles. The quantitative estimate of drug-likeness (QED) is 0.890. The van der Waals surface area contributed by atoms with Gasteiger partial charge in [0.15, 0.2) is 0 Å². The summed E-state index contributed by atoms with van der Waals surface area (Å²) in [6, 6.07) is 2.62. The molecule has 1 aromatic heterocycles. The van der Waals surface area contributed by atoms with Crippen LogP contribution in [0.5, 0.6) is 0 Å². The van der Waals surface area contributed by atoms with Gasteiger partial charge in [-0.2, -0.15) is 5.10 Å². The van der Waals surface area contributed by atoms with Crippen LogP contribution in [0, 0.1) is 12.8 Å². The van der Waals surface area contributed by atoms with E-state index >= 15 is 0 Å². The molecular formula is C14H26N4. The van der Waals surface area contributed by atoms with Gasteiger partial charge in [-0.3, -0.25) is 4.68 Å². The van der Waals surface area contributed by atoms with Gasteiger partial charge in [0.2, 0.25) is 0 Å². The van der Waals surface area contributed by atoms with Gasteiger partial charge in [-0.15, -0.1) is 0 Å². The number of rotatable bonds is 4. The lowest BCUT2D eigenvalue weighted by molar-refractivity contribution is 0.172. The summed E-state index contributed by atoms with van der Waals surface area (Å²) in [6.45, 7) is 10.3. The molecule has 1 saturated heterocycles. The lowest BCUT2D eigenvalue weighted by Crippen LogP contribution is -2.41. The van der Waals surface area contributed by atoms with Crippen molar-refractivity contribution in [3.63, 3.8) is 0 Å². The third-order valence-electron chi connectivity index (χ3n) is 4.19. The highest BCUT2D eigenvalue weighted by Crippen LogP contribution is 2.22. The molecule has 18 heavy (non-hydrogen) atoms. The Bertz CT molecular complexity index is 366. The van der Waals surface area contributed by atoms with Crippen molar-refractivity contribution in [2.75, 3.05) is 25.0 Å². The largest absolute Gasteiger partial charge is 0.366 e. The van der Waals surface area contributed by atoms with Gasteiger partial charge in [0, 0.05) is 31.4 Å². The van der Waals surface area contributed by atoms with Crippen LogP contribution in [-0.2, 0) is 7.05 Å². The van der Waals surface area contributed by atoms with Crippen LogP contribution >= 0.6 is 0 Å². The van der Waals surface area contributed by atoms with Crippen molar-refractivity contribution in [3.8, 4) is 0 Å². The second-order valence-electron chi connectivity index (χ2n) is 5.52. The molecule has 1 aliphatic rings. The zero-order valence-electron chi connectivity index (χ0n) is 12.1. The van der Waals surface area contributed by atoms with E-state index in [2.05, 4.69) is 42.2 Å². The first kappa shape index (κ1) is 13.4. The Balaban J connectivity index is 1.92. The smallest absolute Gasteiger partial charge is 0.148 e. The summed E-state index contributed by atoms with van der Waals surface area (Å²) >= 11 is 0. The highest BCUT2D eigenvalue weighted by molar-refractivity contribution is 5.36. The first-order valence-electron chi connectivity index (χ1n) is 7.09. The average Bonchev–Trinajstić information content (AvgIpc) is 2.68. The highest BCUT2D eigenvalue weighted by atomic mass is 15.3. The summed E-state index contributed by atoms with van der Waals surface area (Å²) in [5.41, 5.74) is 1.20. The Morgan fingerprint density at radius 1 is 1.56 bits per heavy atom. The van der Waals surface area contributed by atoms with Crippen molar-refractivity contribution in [1.29, 1.82) is 0 Å². The number of hydrogen-bond acceptors (Lipinski definition) is 3. The summed E-state index contributed by atoms with van der Waals surface area (Å²) in [5.74, 6) is 1.75. The van der Waals surface area contributed by atoms with Gasteiger partial charge < -0.3 is 10.2 Å². The third kappa shape index (κ3) is 3.05. The van der Waals surface area contributed by atoms with Crippen LogP contribution in [0.3, 0.4) is 0 Å². The van der Waals surface area contributed by atoms with E-state index in [1.165, 1.54) is 38.2 Å². The van der Waals surface area contributed by atoms with Gasteiger partial charge in [0.1, 0.15) is 5.82 Å². The molecule has 4 nitrogen and oxygen atoms in total. The van der Waals surface area contributed by atoms with E-state index < -0.39 is 0 Å². The van der Waals surface area contributed by atoms with Crippen LogP contribution in [0.25, 0.3) is 0 Å². The van der Waals surface area contributed by atoms with Crippen LogP contribution < -0.4 is 5.32 Å².